The van der Waals surface area contributed by atoms with E-state index < -0.39 is 11.7 Å². The van der Waals surface area contributed by atoms with E-state index in [1.54, 1.807) is 12.3 Å². The number of nitrogens with zero attached hydrogens (tertiary/aromatic N) is 2. The molecule has 0 saturated heterocycles. The summed E-state index contributed by atoms with van der Waals surface area (Å²) in [6, 6.07) is 4.23. The zero-order valence-electron chi connectivity index (χ0n) is 10.7. The Labute approximate surface area is 122 Å². The summed E-state index contributed by atoms with van der Waals surface area (Å²) < 4.78 is 41.4. The SMILES string of the molecule is CCNCc1ccc(-n2cc(Br)cn2)cc1C(F)(F)F. The number of hydrogen-bond acceptors (Lipinski definition) is 2. The molecule has 0 amide bonds. The molecule has 2 rings (SSSR count). The van der Waals surface area contributed by atoms with Gasteiger partial charge in [-0.3, -0.25) is 0 Å². The zero-order chi connectivity index (χ0) is 14.8. The summed E-state index contributed by atoms with van der Waals surface area (Å²) >= 11 is 3.22. The summed E-state index contributed by atoms with van der Waals surface area (Å²) in [5, 5.41) is 6.90. The van der Waals surface area contributed by atoms with E-state index in [9.17, 15) is 13.2 Å². The first-order chi connectivity index (χ1) is 9.41. The highest BCUT2D eigenvalue weighted by Gasteiger charge is 2.33. The van der Waals surface area contributed by atoms with Gasteiger partial charge in [-0.2, -0.15) is 18.3 Å². The molecule has 3 nitrogen and oxygen atoms in total. The molecule has 0 aliphatic carbocycles. The zero-order valence-corrected chi connectivity index (χ0v) is 12.3. The molecule has 0 saturated carbocycles. The molecule has 0 radical (unpaired) electrons. The molecule has 2 aromatic rings. The number of hydrogen-bond donors (Lipinski definition) is 1. The fourth-order valence-corrected chi connectivity index (χ4v) is 2.11. The van der Waals surface area contributed by atoms with Gasteiger partial charge in [-0.1, -0.05) is 13.0 Å². The van der Waals surface area contributed by atoms with Crippen molar-refractivity contribution in [1.82, 2.24) is 15.1 Å². The van der Waals surface area contributed by atoms with Gasteiger partial charge in [-0.25, -0.2) is 4.68 Å². The van der Waals surface area contributed by atoms with Crippen LogP contribution in [0.2, 0.25) is 0 Å². The van der Waals surface area contributed by atoms with Crippen molar-refractivity contribution in [2.75, 3.05) is 6.54 Å². The Morgan fingerprint density at radius 2 is 2.10 bits per heavy atom. The lowest BCUT2D eigenvalue weighted by molar-refractivity contribution is -0.138. The summed E-state index contributed by atoms with van der Waals surface area (Å²) in [4.78, 5) is 0. The molecule has 0 spiro atoms. The average Bonchev–Trinajstić information content (AvgIpc) is 2.82. The molecule has 20 heavy (non-hydrogen) atoms. The number of halogens is 4. The predicted molar refractivity (Wildman–Crippen MR) is 73.6 cm³/mol. The molecule has 1 aromatic carbocycles. The van der Waals surface area contributed by atoms with Gasteiger partial charge in [0.15, 0.2) is 0 Å². The number of rotatable bonds is 4. The third-order valence-corrected chi connectivity index (χ3v) is 3.19. The molecule has 0 unspecified atom stereocenters. The Hall–Kier alpha value is -1.34. The minimum absolute atomic E-state index is 0.189. The highest BCUT2D eigenvalue weighted by molar-refractivity contribution is 9.10. The molecule has 0 aliphatic heterocycles. The maximum Gasteiger partial charge on any atom is 0.416 e. The molecular weight excluding hydrogens is 335 g/mol. The Balaban J connectivity index is 2.43. The van der Waals surface area contributed by atoms with Crippen LogP contribution in [0.15, 0.2) is 35.1 Å². The Morgan fingerprint density at radius 1 is 1.35 bits per heavy atom. The molecular formula is C13H13BrF3N3. The third-order valence-electron chi connectivity index (χ3n) is 2.78. The van der Waals surface area contributed by atoms with E-state index in [0.717, 1.165) is 6.07 Å². The van der Waals surface area contributed by atoms with Crippen molar-refractivity contribution in [3.8, 4) is 5.69 Å². The molecule has 0 bridgehead atoms. The summed E-state index contributed by atoms with van der Waals surface area (Å²) in [6.07, 6.45) is -1.25. The van der Waals surface area contributed by atoms with Crippen molar-refractivity contribution in [1.29, 1.82) is 0 Å². The quantitative estimate of drug-likeness (QED) is 0.912. The smallest absolute Gasteiger partial charge is 0.313 e. The fourth-order valence-electron chi connectivity index (χ4n) is 1.83. The lowest BCUT2D eigenvalue weighted by Gasteiger charge is -2.15. The van der Waals surface area contributed by atoms with Crippen LogP contribution < -0.4 is 5.32 Å². The van der Waals surface area contributed by atoms with Gasteiger partial charge in [0, 0.05) is 12.7 Å². The van der Waals surface area contributed by atoms with Gasteiger partial charge in [-0.15, -0.1) is 0 Å². The standard InChI is InChI=1S/C13H13BrF3N3/c1-2-18-6-9-3-4-11(5-12(9)13(15,16)17)20-8-10(14)7-19-20/h3-5,7-8,18H,2,6H2,1H3. The minimum Gasteiger partial charge on any atom is -0.313 e. The van der Waals surface area contributed by atoms with E-state index in [1.807, 2.05) is 6.92 Å². The maximum atomic E-state index is 13.1. The summed E-state index contributed by atoms with van der Waals surface area (Å²) in [5.41, 5.74) is -0.0276. The van der Waals surface area contributed by atoms with Crippen molar-refractivity contribution >= 4 is 15.9 Å². The Bertz CT molecular complexity index is 593. The van der Waals surface area contributed by atoms with Gasteiger partial charge < -0.3 is 5.32 Å². The molecule has 1 N–H and O–H groups in total. The van der Waals surface area contributed by atoms with Gasteiger partial charge in [0.1, 0.15) is 0 Å². The second-order valence-corrected chi connectivity index (χ2v) is 5.14. The monoisotopic (exact) mass is 347 g/mol. The van der Waals surface area contributed by atoms with Crippen LogP contribution in [0, 0.1) is 0 Å². The van der Waals surface area contributed by atoms with Crippen LogP contribution >= 0.6 is 15.9 Å². The van der Waals surface area contributed by atoms with Crippen LogP contribution in [0.4, 0.5) is 13.2 Å². The Kier molecular flexibility index (Phi) is 4.49. The van der Waals surface area contributed by atoms with Crippen molar-refractivity contribution in [2.24, 2.45) is 0 Å². The fraction of sp³-hybridized carbons (Fsp3) is 0.308. The first-order valence-corrected chi connectivity index (χ1v) is 6.82. The minimum atomic E-state index is -4.38. The topological polar surface area (TPSA) is 29.9 Å². The molecule has 1 heterocycles. The molecule has 0 fully saturated rings. The van der Waals surface area contributed by atoms with Crippen molar-refractivity contribution < 1.29 is 13.2 Å². The van der Waals surface area contributed by atoms with Crippen LogP contribution in [-0.4, -0.2) is 16.3 Å². The van der Waals surface area contributed by atoms with Crippen LogP contribution in [0.3, 0.4) is 0 Å². The van der Waals surface area contributed by atoms with E-state index in [0.29, 0.717) is 16.7 Å². The molecule has 108 valence electrons. The number of alkyl halides is 3. The van der Waals surface area contributed by atoms with Gasteiger partial charge >= 0.3 is 6.18 Å². The average molecular weight is 348 g/mol. The Morgan fingerprint density at radius 3 is 2.65 bits per heavy atom. The highest BCUT2D eigenvalue weighted by Crippen LogP contribution is 2.33. The van der Waals surface area contributed by atoms with Gasteiger partial charge in [0.25, 0.3) is 0 Å². The van der Waals surface area contributed by atoms with Crippen LogP contribution in [-0.2, 0) is 12.7 Å². The van der Waals surface area contributed by atoms with Crippen LogP contribution in [0.25, 0.3) is 5.69 Å². The largest absolute Gasteiger partial charge is 0.416 e. The van der Waals surface area contributed by atoms with E-state index in [1.165, 1.54) is 16.9 Å². The van der Waals surface area contributed by atoms with E-state index in [2.05, 4.69) is 26.3 Å². The molecule has 0 atom stereocenters. The van der Waals surface area contributed by atoms with E-state index >= 15 is 0 Å². The lowest BCUT2D eigenvalue weighted by atomic mass is 10.1. The predicted octanol–water partition coefficient (Wildman–Crippen LogP) is 3.76. The van der Waals surface area contributed by atoms with Gasteiger partial charge in [0.2, 0.25) is 0 Å². The van der Waals surface area contributed by atoms with Crippen LogP contribution in [0.1, 0.15) is 18.1 Å². The number of benzene rings is 1. The maximum absolute atomic E-state index is 13.1. The third kappa shape index (κ3) is 3.40. The summed E-state index contributed by atoms with van der Waals surface area (Å²) in [5.74, 6) is 0. The number of aromatic nitrogens is 2. The van der Waals surface area contributed by atoms with Gasteiger partial charge in [-0.05, 0) is 40.2 Å². The van der Waals surface area contributed by atoms with Crippen molar-refractivity contribution in [2.45, 2.75) is 19.6 Å². The van der Waals surface area contributed by atoms with Crippen molar-refractivity contribution in [3.63, 3.8) is 0 Å². The summed E-state index contributed by atoms with van der Waals surface area (Å²) in [7, 11) is 0. The first-order valence-electron chi connectivity index (χ1n) is 6.03. The molecule has 7 heteroatoms. The van der Waals surface area contributed by atoms with E-state index in [-0.39, 0.29) is 12.1 Å². The lowest BCUT2D eigenvalue weighted by Crippen LogP contribution is -2.17. The normalized spacial score (nSPS) is 11.8. The summed E-state index contributed by atoms with van der Waals surface area (Å²) in [6.45, 7) is 2.66. The second-order valence-electron chi connectivity index (χ2n) is 4.22. The number of nitrogens with one attached hydrogen (secondary N) is 1. The first kappa shape index (κ1) is 15.1. The molecule has 0 aliphatic rings. The van der Waals surface area contributed by atoms with E-state index in [4.69, 9.17) is 0 Å². The van der Waals surface area contributed by atoms with Gasteiger partial charge in [0.05, 0.1) is 21.9 Å². The van der Waals surface area contributed by atoms with Crippen LogP contribution in [0.5, 0.6) is 0 Å². The highest BCUT2D eigenvalue weighted by atomic mass is 79.9. The van der Waals surface area contributed by atoms with Crippen molar-refractivity contribution in [3.05, 3.63) is 46.2 Å². The molecule has 1 aromatic heterocycles. The second kappa shape index (κ2) is 5.97.